The van der Waals surface area contributed by atoms with E-state index in [2.05, 4.69) is 23.8 Å². The Bertz CT molecular complexity index is 342. The quantitative estimate of drug-likeness (QED) is 0.846. The minimum absolute atomic E-state index is 0.0685. The van der Waals surface area contributed by atoms with Crippen LogP contribution in [0.1, 0.15) is 38.2 Å². The summed E-state index contributed by atoms with van der Waals surface area (Å²) in [6, 6.07) is 1.94. The zero-order chi connectivity index (χ0) is 12.3. The number of ether oxygens (including phenoxy) is 1. The molecule has 4 nitrogen and oxygen atoms in total. The number of aromatic nitrogens is 2. The predicted molar refractivity (Wildman–Crippen MR) is 64.5 cm³/mol. The second kappa shape index (κ2) is 5.25. The van der Waals surface area contributed by atoms with Gasteiger partial charge in [-0.3, -0.25) is 0 Å². The van der Waals surface area contributed by atoms with Crippen molar-refractivity contribution >= 4 is 0 Å². The van der Waals surface area contributed by atoms with Crippen molar-refractivity contribution in [1.29, 1.82) is 0 Å². The molecule has 0 bridgehead atoms. The summed E-state index contributed by atoms with van der Waals surface area (Å²) in [6.07, 6.45) is 0. The molecule has 0 saturated carbocycles. The Morgan fingerprint density at radius 2 is 1.88 bits per heavy atom. The van der Waals surface area contributed by atoms with Crippen molar-refractivity contribution in [3.05, 3.63) is 17.6 Å². The molecule has 1 heterocycles. The van der Waals surface area contributed by atoms with E-state index in [9.17, 15) is 0 Å². The van der Waals surface area contributed by atoms with Gasteiger partial charge < -0.3 is 10.5 Å². The zero-order valence-electron chi connectivity index (χ0n) is 10.7. The van der Waals surface area contributed by atoms with Gasteiger partial charge in [0.05, 0.1) is 12.8 Å². The first-order valence-electron chi connectivity index (χ1n) is 5.60. The lowest BCUT2D eigenvalue weighted by molar-refractivity contribution is 0.386. The van der Waals surface area contributed by atoms with Crippen molar-refractivity contribution in [2.75, 3.05) is 7.11 Å². The number of hydrogen-bond donors (Lipinski definition) is 1. The second-order valence-corrected chi connectivity index (χ2v) is 4.51. The van der Waals surface area contributed by atoms with Gasteiger partial charge in [-0.25, -0.2) is 4.98 Å². The molecular weight excluding hydrogens is 202 g/mol. The van der Waals surface area contributed by atoms with Gasteiger partial charge in [0.25, 0.3) is 0 Å². The van der Waals surface area contributed by atoms with Gasteiger partial charge in [-0.2, -0.15) is 4.98 Å². The molecule has 0 aliphatic rings. The van der Waals surface area contributed by atoms with Crippen LogP contribution >= 0.6 is 0 Å². The fraction of sp³-hybridized carbons (Fsp3) is 0.667. The number of hydrogen-bond acceptors (Lipinski definition) is 4. The molecular formula is C12H21N3O. The normalized spacial score (nSPS) is 14.9. The molecule has 0 fully saturated rings. The summed E-state index contributed by atoms with van der Waals surface area (Å²) in [7, 11) is 1.61. The maximum absolute atomic E-state index is 6.01. The van der Waals surface area contributed by atoms with Crippen LogP contribution in [0, 0.1) is 12.8 Å². The van der Waals surface area contributed by atoms with Crippen LogP contribution in [0.5, 0.6) is 5.88 Å². The third kappa shape index (κ3) is 2.92. The maximum atomic E-state index is 6.01. The molecule has 2 N–H and O–H groups in total. The first-order valence-corrected chi connectivity index (χ1v) is 5.60. The summed E-state index contributed by atoms with van der Waals surface area (Å²) >= 11 is 0. The molecule has 0 amide bonds. The summed E-state index contributed by atoms with van der Waals surface area (Å²) in [5, 5.41) is 0. The van der Waals surface area contributed by atoms with E-state index in [-0.39, 0.29) is 12.0 Å². The number of nitrogens with two attached hydrogens (primary N) is 1. The fourth-order valence-electron chi connectivity index (χ4n) is 2.06. The van der Waals surface area contributed by atoms with Crippen LogP contribution in [0.4, 0.5) is 0 Å². The van der Waals surface area contributed by atoms with E-state index >= 15 is 0 Å². The highest BCUT2D eigenvalue weighted by molar-refractivity contribution is 5.21. The molecule has 0 radical (unpaired) electrons. The second-order valence-electron chi connectivity index (χ2n) is 4.51. The van der Waals surface area contributed by atoms with E-state index in [1.165, 1.54) is 0 Å². The van der Waals surface area contributed by atoms with Crippen molar-refractivity contribution in [2.24, 2.45) is 11.7 Å². The first kappa shape index (κ1) is 12.9. The van der Waals surface area contributed by atoms with Crippen molar-refractivity contribution in [1.82, 2.24) is 9.97 Å². The maximum Gasteiger partial charge on any atom is 0.216 e. The van der Waals surface area contributed by atoms with Gasteiger partial charge in [0, 0.05) is 18.0 Å². The average Bonchev–Trinajstić information content (AvgIpc) is 2.15. The molecule has 90 valence electrons. The van der Waals surface area contributed by atoms with Gasteiger partial charge in [0.15, 0.2) is 0 Å². The molecule has 2 atom stereocenters. The lowest BCUT2D eigenvalue weighted by atomic mass is 9.86. The Morgan fingerprint density at radius 3 is 2.31 bits per heavy atom. The number of rotatable bonds is 4. The summed E-state index contributed by atoms with van der Waals surface area (Å²) < 4.78 is 5.15. The van der Waals surface area contributed by atoms with E-state index in [0.717, 1.165) is 11.5 Å². The average molecular weight is 223 g/mol. The predicted octanol–water partition coefficient (Wildman–Crippen LogP) is 1.88. The third-order valence-electron chi connectivity index (χ3n) is 2.67. The molecule has 0 spiro atoms. The molecule has 0 aromatic carbocycles. The minimum atomic E-state index is 0.0685. The van der Waals surface area contributed by atoms with Gasteiger partial charge in [0.1, 0.15) is 5.82 Å². The Balaban J connectivity index is 3.13. The van der Waals surface area contributed by atoms with E-state index in [0.29, 0.717) is 11.8 Å². The van der Waals surface area contributed by atoms with Gasteiger partial charge in [-0.05, 0) is 19.8 Å². The van der Waals surface area contributed by atoms with Gasteiger partial charge in [-0.1, -0.05) is 13.8 Å². The molecule has 2 unspecified atom stereocenters. The largest absolute Gasteiger partial charge is 0.481 e. The van der Waals surface area contributed by atoms with E-state index < -0.39 is 0 Å². The number of aryl methyl sites for hydroxylation is 1. The highest BCUT2D eigenvalue weighted by Crippen LogP contribution is 2.27. The van der Waals surface area contributed by atoms with Crippen LogP contribution in [-0.2, 0) is 0 Å². The van der Waals surface area contributed by atoms with Crippen LogP contribution < -0.4 is 10.5 Å². The van der Waals surface area contributed by atoms with E-state index in [4.69, 9.17) is 10.5 Å². The smallest absolute Gasteiger partial charge is 0.216 e. The molecule has 1 aromatic rings. The van der Waals surface area contributed by atoms with Crippen LogP contribution in [0.2, 0.25) is 0 Å². The van der Waals surface area contributed by atoms with Crippen LogP contribution in [0.25, 0.3) is 0 Å². The third-order valence-corrected chi connectivity index (χ3v) is 2.67. The minimum Gasteiger partial charge on any atom is -0.481 e. The highest BCUT2D eigenvalue weighted by Gasteiger charge is 2.22. The van der Waals surface area contributed by atoms with E-state index in [1.54, 1.807) is 7.11 Å². The SMILES string of the molecule is COc1cc(C(C(C)C)C(C)N)nc(C)n1. The standard InChI is InChI=1S/C12H21N3O/c1-7(2)12(8(3)13)10-6-11(16-5)15-9(4)14-10/h6-8,12H,13H2,1-5H3. The Labute approximate surface area is 97.2 Å². The Morgan fingerprint density at radius 1 is 1.25 bits per heavy atom. The summed E-state index contributed by atoms with van der Waals surface area (Å²) in [5.41, 5.74) is 6.98. The Kier molecular flexibility index (Phi) is 4.24. The van der Waals surface area contributed by atoms with Crippen LogP contribution in [0.3, 0.4) is 0 Å². The van der Waals surface area contributed by atoms with Crippen LogP contribution in [-0.4, -0.2) is 23.1 Å². The molecule has 1 rings (SSSR count). The van der Waals surface area contributed by atoms with E-state index in [1.807, 2.05) is 19.9 Å². The lowest BCUT2D eigenvalue weighted by Gasteiger charge is -2.24. The van der Waals surface area contributed by atoms with Gasteiger partial charge in [-0.15, -0.1) is 0 Å². The fourth-order valence-corrected chi connectivity index (χ4v) is 2.06. The lowest BCUT2D eigenvalue weighted by Crippen LogP contribution is -2.29. The molecule has 0 aliphatic heterocycles. The summed E-state index contributed by atoms with van der Waals surface area (Å²) in [4.78, 5) is 8.63. The summed E-state index contributed by atoms with van der Waals surface area (Å²) in [5.74, 6) is 2.00. The van der Waals surface area contributed by atoms with Gasteiger partial charge >= 0.3 is 0 Å². The molecule has 16 heavy (non-hydrogen) atoms. The van der Waals surface area contributed by atoms with Crippen molar-refractivity contribution in [3.63, 3.8) is 0 Å². The Hall–Kier alpha value is -1.16. The van der Waals surface area contributed by atoms with Crippen molar-refractivity contribution in [2.45, 2.75) is 39.7 Å². The monoisotopic (exact) mass is 223 g/mol. The molecule has 1 aromatic heterocycles. The molecule has 0 aliphatic carbocycles. The van der Waals surface area contributed by atoms with Crippen molar-refractivity contribution < 1.29 is 4.74 Å². The molecule has 4 heteroatoms. The van der Waals surface area contributed by atoms with Gasteiger partial charge in [0.2, 0.25) is 5.88 Å². The summed E-state index contributed by atoms with van der Waals surface area (Å²) in [6.45, 7) is 8.18. The number of nitrogens with zero attached hydrogens (tertiary/aromatic N) is 2. The molecule has 0 saturated heterocycles. The van der Waals surface area contributed by atoms with Crippen molar-refractivity contribution in [3.8, 4) is 5.88 Å². The zero-order valence-corrected chi connectivity index (χ0v) is 10.7. The number of methoxy groups -OCH3 is 1. The highest BCUT2D eigenvalue weighted by atomic mass is 16.5. The first-order chi connectivity index (χ1) is 7.45. The topological polar surface area (TPSA) is 61.0 Å². The van der Waals surface area contributed by atoms with Crippen LogP contribution in [0.15, 0.2) is 6.07 Å².